The predicted molar refractivity (Wildman–Crippen MR) is 111 cm³/mol. The molecule has 7 heteroatoms. The van der Waals surface area contributed by atoms with Crippen LogP contribution in [0.1, 0.15) is 15.9 Å². The molecular weight excluding hydrogens is 378 g/mol. The first kappa shape index (κ1) is 19.5. The second kappa shape index (κ2) is 8.63. The third kappa shape index (κ3) is 4.53. The van der Waals surface area contributed by atoms with Crippen molar-refractivity contribution >= 4 is 34.6 Å². The molecule has 6 nitrogen and oxygen atoms in total. The molecule has 0 fully saturated rings. The topological polar surface area (TPSA) is 72.5 Å². The number of nitrogens with zero attached hydrogens (tertiary/aromatic N) is 1. The minimum absolute atomic E-state index is 0.248. The van der Waals surface area contributed by atoms with Gasteiger partial charge in [0, 0.05) is 24.0 Å². The van der Waals surface area contributed by atoms with E-state index < -0.39 is 0 Å². The molecule has 0 radical (unpaired) electrons. The Kier molecular flexibility index (Phi) is 6.01. The number of pyridine rings is 1. The number of aromatic nitrogens is 1. The number of methoxy groups -OCH3 is 2. The molecular formula is C21H20ClN3O3. The second-order valence-corrected chi connectivity index (χ2v) is 6.51. The number of halogens is 1. The molecule has 0 aliphatic rings. The van der Waals surface area contributed by atoms with Crippen LogP contribution in [0.4, 0.5) is 17.1 Å². The van der Waals surface area contributed by atoms with Gasteiger partial charge in [0.25, 0.3) is 5.91 Å². The molecule has 0 unspecified atom stereocenters. The van der Waals surface area contributed by atoms with E-state index in [0.29, 0.717) is 33.5 Å². The van der Waals surface area contributed by atoms with Gasteiger partial charge in [0.1, 0.15) is 11.5 Å². The summed E-state index contributed by atoms with van der Waals surface area (Å²) >= 11 is 6.14. The number of benzene rings is 2. The van der Waals surface area contributed by atoms with Crippen molar-refractivity contribution in [3.8, 4) is 11.5 Å². The van der Waals surface area contributed by atoms with Crippen LogP contribution in [0.3, 0.4) is 0 Å². The van der Waals surface area contributed by atoms with Gasteiger partial charge >= 0.3 is 0 Å². The molecule has 1 aromatic heterocycles. The van der Waals surface area contributed by atoms with Gasteiger partial charge < -0.3 is 20.1 Å². The molecule has 3 rings (SSSR count). The van der Waals surface area contributed by atoms with Crippen molar-refractivity contribution in [2.45, 2.75) is 6.92 Å². The standard InChI is InChI=1S/C21H20ClN3O3/c1-13-5-4-6-15(7-13)25-21(26)14-8-16(12-23-11-14)24-18-10-19(27-2)17(22)9-20(18)28-3/h4-12,24H,1-3H3,(H,25,26). The van der Waals surface area contributed by atoms with Gasteiger partial charge in [0.2, 0.25) is 0 Å². The minimum atomic E-state index is -0.248. The Morgan fingerprint density at radius 2 is 1.79 bits per heavy atom. The first-order valence-electron chi connectivity index (χ1n) is 8.52. The van der Waals surface area contributed by atoms with Gasteiger partial charge in [-0.15, -0.1) is 0 Å². The number of carbonyl (C=O) groups excluding carboxylic acids is 1. The molecule has 1 amide bonds. The zero-order valence-electron chi connectivity index (χ0n) is 15.7. The van der Waals surface area contributed by atoms with Crippen LogP contribution >= 0.6 is 11.6 Å². The highest BCUT2D eigenvalue weighted by Crippen LogP contribution is 2.37. The van der Waals surface area contributed by atoms with Crippen molar-refractivity contribution in [3.05, 3.63) is 71.0 Å². The number of carbonyl (C=O) groups is 1. The van der Waals surface area contributed by atoms with Gasteiger partial charge in [0.05, 0.1) is 42.4 Å². The summed E-state index contributed by atoms with van der Waals surface area (Å²) in [6, 6.07) is 12.7. The van der Waals surface area contributed by atoms with E-state index in [9.17, 15) is 4.79 Å². The second-order valence-electron chi connectivity index (χ2n) is 6.10. The third-order valence-corrected chi connectivity index (χ3v) is 4.32. The molecule has 0 aliphatic heterocycles. The van der Waals surface area contributed by atoms with Gasteiger partial charge in [0.15, 0.2) is 0 Å². The maximum absolute atomic E-state index is 12.6. The van der Waals surface area contributed by atoms with Crippen molar-refractivity contribution in [1.82, 2.24) is 4.98 Å². The van der Waals surface area contributed by atoms with E-state index in [4.69, 9.17) is 21.1 Å². The highest BCUT2D eigenvalue weighted by atomic mass is 35.5. The average molecular weight is 398 g/mol. The summed E-state index contributed by atoms with van der Waals surface area (Å²) in [6.45, 7) is 1.97. The van der Waals surface area contributed by atoms with Gasteiger partial charge in [-0.05, 0) is 30.7 Å². The lowest BCUT2D eigenvalue weighted by atomic mass is 10.2. The van der Waals surface area contributed by atoms with E-state index in [-0.39, 0.29) is 5.91 Å². The lowest BCUT2D eigenvalue weighted by Gasteiger charge is -2.14. The average Bonchev–Trinajstić information content (AvgIpc) is 2.69. The Bertz CT molecular complexity index is 1010. The fourth-order valence-corrected chi connectivity index (χ4v) is 2.90. The van der Waals surface area contributed by atoms with Crippen LogP contribution in [0.15, 0.2) is 54.9 Å². The number of aryl methyl sites for hydroxylation is 1. The molecule has 0 saturated carbocycles. The van der Waals surface area contributed by atoms with E-state index >= 15 is 0 Å². The number of rotatable bonds is 6. The van der Waals surface area contributed by atoms with Crippen LogP contribution in [0.2, 0.25) is 5.02 Å². The molecule has 0 bridgehead atoms. The van der Waals surface area contributed by atoms with Crippen molar-refractivity contribution in [1.29, 1.82) is 0 Å². The van der Waals surface area contributed by atoms with Crippen molar-refractivity contribution in [2.24, 2.45) is 0 Å². The lowest BCUT2D eigenvalue weighted by Crippen LogP contribution is -2.12. The lowest BCUT2D eigenvalue weighted by molar-refractivity contribution is 0.102. The van der Waals surface area contributed by atoms with Crippen LogP contribution in [0.25, 0.3) is 0 Å². The number of anilines is 3. The molecule has 0 atom stereocenters. The molecule has 2 aromatic carbocycles. The Morgan fingerprint density at radius 1 is 1.00 bits per heavy atom. The summed E-state index contributed by atoms with van der Waals surface area (Å²) in [5.41, 5.74) is 3.48. The number of amides is 1. The molecule has 0 aliphatic carbocycles. The number of hydrogen-bond donors (Lipinski definition) is 2. The Labute approximate surface area is 168 Å². The van der Waals surface area contributed by atoms with E-state index in [1.165, 1.54) is 13.3 Å². The van der Waals surface area contributed by atoms with Crippen molar-refractivity contribution in [2.75, 3.05) is 24.9 Å². The first-order chi connectivity index (χ1) is 13.5. The first-order valence-corrected chi connectivity index (χ1v) is 8.89. The summed E-state index contributed by atoms with van der Waals surface area (Å²) < 4.78 is 10.6. The van der Waals surface area contributed by atoms with Crippen LogP contribution in [-0.4, -0.2) is 25.1 Å². The quantitative estimate of drug-likeness (QED) is 0.608. The van der Waals surface area contributed by atoms with Crippen LogP contribution < -0.4 is 20.1 Å². The summed E-state index contributed by atoms with van der Waals surface area (Å²) in [4.78, 5) is 16.7. The third-order valence-electron chi connectivity index (χ3n) is 4.03. The molecule has 28 heavy (non-hydrogen) atoms. The fraction of sp³-hybridized carbons (Fsp3) is 0.143. The molecule has 2 N–H and O–H groups in total. The Balaban J connectivity index is 1.83. The van der Waals surface area contributed by atoms with Crippen LogP contribution in [-0.2, 0) is 0 Å². The summed E-state index contributed by atoms with van der Waals surface area (Å²) in [5.74, 6) is 0.800. The minimum Gasteiger partial charge on any atom is -0.495 e. The zero-order chi connectivity index (χ0) is 20.1. The van der Waals surface area contributed by atoms with E-state index in [1.807, 2.05) is 31.2 Å². The van der Waals surface area contributed by atoms with Gasteiger partial charge in [-0.2, -0.15) is 0 Å². The number of nitrogens with one attached hydrogen (secondary N) is 2. The highest BCUT2D eigenvalue weighted by molar-refractivity contribution is 6.32. The fourth-order valence-electron chi connectivity index (χ4n) is 2.67. The van der Waals surface area contributed by atoms with Crippen LogP contribution in [0, 0.1) is 6.92 Å². The number of ether oxygens (including phenoxy) is 2. The smallest absolute Gasteiger partial charge is 0.257 e. The summed E-state index contributed by atoms with van der Waals surface area (Å²) in [6.07, 6.45) is 3.12. The normalized spacial score (nSPS) is 10.3. The van der Waals surface area contributed by atoms with Crippen molar-refractivity contribution in [3.63, 3.8) is 0 Å². The largest absolute Gasteiger partial charge is 0.495 e. The maximum atomic E-state index is 12.6. The van der Waals surface area contributed by atoms with E-state index in [2.05, 4.69) is 15.6 Å². The molecule has 3 aromatic rings. The van der Waals surface area contributed by atoms with E-state index in [1.54, 1.807) is 31.5 Å². The zero-order valence-corrected chi connectivity index (χ0v) is 16.5. The Morgan fingerprint density at radius 3 is 2.50 bits per heavy atom. The Hall–Kier alpha value is -3.25. The molecule has 0 saturated heterocycles. The summed E-state index contributed by atoms with van der Waals surface area (Å²) in [5, 5.41) is 6.50. The molecule has 0 spiro atoms. The predicted octanol–water partition coefficient (Wildman–Crippen LogP) is 5.06. The van der Waals surface area contributed by atoms with Gasteiger partial charge in [-0.1, -0.05) is 23.7 Å². The molecule has 1 heterocycles. The monoisotopic (exact) mass is 397 g/mol. The van der Waals surface area contributed by atoms with Crippen molar-refractivity contribution < 1.29 is 14.3 Å². The van der Waals surface area contributed by atoms with Gasteiger partial charge in [-0.25, -0.2) is 0 Å². The molecule has 144 valence electrons. The number of hydrogen-bond acceptors (Lipinski definition) is 5. The van der Waals surface area contributed by atoms with Gasteiger partial charge in [-0.3, -0.25) is 9.78 Å². The SMILES string of the molecule is COc1cc(Nc2cncc(C(=O)Nc3cccc(C)c3)c2)c(OC)cc1Cl. The van der Waals surface area contributed by atoms with Crippen LogP contribution in [0.5, 0.6) is 11.5 Å². The maximum Gasteiger partial charge on any atom is 0.257 e. The highest BCUT2D eigenvalue weighted by Gasteiger charge is 2.12. The summed E-state index contributed by atoms with van der Waals surface area (Å²) in [7, 11) is 3.09. The van der Waals surface area contributed by atoms with E-state index in [0.717, 1.165) is 11.3 Å².